The summed E-state index contributed by atoms with van der Waals surface area (Å²) >= 11 is 0. The minimum atomic E-state index is -0.246. The number of nitrogens with zero attached hydrogens (tertiary/aromatic N) is 4. The molecule has 31 heavy (non-hydrogen) atoms. The molecule has 3 heterocycles. The molecule has 1 aliphatic heterocycles. The molecule has 2 aliphatic carbocycles. The number of fused-ring (bicyclic) bond motifs is 6. The summed E-state index contributed by atoms with van der Waals surface area (Å²) in [4.78, 5) is 14.4. The maximum absolute atomic E-state index is 14.4. The molecule has 6 nitrogen and oxygen atoms in total. The third-order valence-corrected chi connectivity index (χ3v) is 7.83. The third-order valence-electron chi connectivity index (χ3n) is 7.83. The van der Waals surface area contributed by atoms with Gasteiger partial charge in [0.15, 0.2) is 0 Å². The van der Waals surface area contributed by atoms with Crippen LogP contribution in [0.15, 0.2) is 35.4 Å². The molecule has 1 aromatic carbocycles. The van der Waals surface area contributed by atoms with Gasteiger partial charge in [0.2, 0.25) is 5.78 Å². The molecule has 162 valence electrons. The molecule has 6 rings (SSSR count). The van der Waals surface area contributed by atoms with Crippen molar-refractivity contribution < 1.29 is 4.74 Å². The van der Waals surface area contributed by atoms with Crippen LogP contribution in [-0.4, -0.2) is 31.4 Å². The second kappa shape index (κ2) is 6.76. The van der Waals surface area contributed by atoms with E-state index in [0.717, 1.165) is 48.9 Å². The Bertz CT molecular complexity index is 1220. The topological polar surface area (TPSA) is 61.4 Å². The lowest BCUT2D eigenvalue weighted by Crippen LogP contribution is -2.45. The largest absolute Gasteiger partial charge is 0.375 e. The van der Waals surface area contributed by atoms with Gasteiger partial charge in [-0.05, 0) is 51.5 Å². The summed E-state index contributed by atoms with van der Waals surface area (Å²) < 4.78 is 10.0. The first-order chi connectivity index (χ1) is 15.0. The van der Waals surface area contributed by atoms with Gasteiger partial charge in [-0.1, -0.05) is 43.5 Å². The molecule has 0 amide bonds. The maximum Gasteiger partial charge on any atom is 0.259 e. The molecule has 2 fully saturated rings. The van der Waals surface area contributed by atoms with Crippen LogP contribution in [0.2, 0.25) is 0 Å². The van der Waals surface area contributed by atoms with Crippen molar-refractivity contribution >= 4 is 5.78 Å². The van der Waals surface area contributed by atoms with Crippen molar-refractivity contribution in [2.24, 2.45) is 0 Å². The average molecular weight is 419 g/mol. The Labute approximate surface area is 182 Å². The molecule has 1 spiro atoms. The predicted octanol–water partition coefficient (Wildman–Crippen LogP) is 4.45. The second-order valence-corrected chi connectivity index (χ2v) is 10.3. The maximum atomic E-state index is 14.4. The van der Waals surface area contributed by atoms with Gasteiger partial charge in [0.05, 0.1) is 11.3 Å². The predicted molar refractivity (Wildman–Crippen MR) is 119 cm³/mol. The van der Waals surface area contributed by atoms with Crippen LogP contribution in [0.25, 0.3) is 17.0 Å². The smallest absolute Gasteiger partial charge is 0.259 e. The van der Waals surface area contributed by atoms with E-state index in [1.807, 2.05) is 4.57 Å². The van der Waals surface area contributed by atoms with Gasteiger partial charge < -0.3 is 4.74 Å². The molecule has 6 heteroatoms. The number of benzene rings is 1. The van der Waals surface area contributed by atoms with E-state index in [2.05, 4.69) is 52.7 Å². The number of rotatable bonds is 1. The summed E-state index contributed by atoms with van der Waals surface area (Å²) in [5, 5.41) is 8.72. The molecule has 0 radical (unpaired) electrons. The summed E-state index contributed by atoms with van der Waals surface area (Å²) in [6, 6.07) is 8.66. The van der Waals surface area contributed by atoms with Crippen LogP contribution >= 0.6 is 0 Å². The zero-order valence-electron chi connectivity index (χ0n) is 18.4. The standard InChI is InChI=1S/C25H30N4O2/c1-24(2)15-18(10-13-31-24)29-22(30)20-21(28-16-26-27-23(28)29)19-9-5-4-8-17(19)14-25(20)11-6-3-7-12-25/h4-5,8-9,16,18H,3,6-7,10-15H2,1-2H3/t18-/m1/s1. The Balaban J connectivity index is 1.68. The fourth-order valence-electron chi connectivity index (χ4n) is 6.49. The van der Waals surface area contributed by atoms with Crippen LogP contribution in [0.3, 0.4) is 0 Å². The van der Waals surface area contributed by atoms with Crippen molar-refractivity contribution in [3.05, 3.63) is 52.1 Å². The number of hydrogen-bond donors (Lipinski definition) is 0. The SMILES string of the molecule is CC1(C)C[C@H](n2c(=O)c3c(n4cnnc24)-c2ccccc2CC32CCCCC2)CCO1. The molecular weight excluding hydrogens is 388 g/mol. The van der Waals surface area contributed by atoms with Crippen molar-refractivity contribution in [2.45, 2.75) is 82.3 Å². The highest BCUT2D eigenvalue weighted by molar-refractivity contribution is 5.73. The van der Waals surface area contributed by atoms with E-state index >= 15 is 0 Å². The van der Waals surface area contributed by atoms with E-state index in [0.29, 0.717) is 12.4 Å². The van der Waals surface area contributed by atoms with E-state index in [4.69, 9.17) is 4.74 Å². The fraction of sp³-hybridized carbons (Fsp3) is 0.560. The fourth-order valence-corrected chi connectivity index (χ4v) is 6.49. The molecule has 0 unspecified atom stereocenters. The van der Waals surface area contributed by atoms with Gasteiger partial charge in [0.25, 0.3) is 5.56 Å². The lowest BCUT2D eigenvalue weighted by atomic mass is 9.62. The van der Waals surface area contributed by atoms with Gasteiger partial charge in [-0.2, -0.15) is 0 Å². The molecule has 0 N–H and O–H groups in total. The van der Waals surface area contributed by atoms with Crippen molar-refractivity contribution in [1.29, 1.82) is 0 Å². The Kier molecular flexibility index (Phi) is 4.20. The Hall–Kier alpha value is -2.47. The minimum absolute atomic E-state index is 0.0751. The quantitative estimate of drug-likeness (QED) is 0.586. The van der Waals surface area contributed by atoms with E-state index in [-0.39, 0.29) is 22.6 Å². The summed E-state index contributed by atoms with van der Waals surface area (Å²) in [5.74, 6) is 0.661. The van der Waals surface area contributed by atoms with Gasteiger partial charge >= 0.3 is 0 Å². The van der Waals surface area contributed by atoms with E-state index in [9.17, 15) is 4.79 Å². The first-order valence-electron chi connectivity index (χ1n) is 11.7. The van der Waals surface area contributed by atoms with Gasteiger partial charge in [-0.15, -0.1) is 10.2 Å². The molecule has 1 saturated heterocycles. The van der Waals surface area contributed by atoms with Crippen molar-refractivity contribution in [2.75, 3.05) is 6.61 Å². The highest BCUT2D eigenvalue weighted by Gasteiger charge is 2.44. The van der Waals surface area contributed by atoms with E-state index in [1.54, 1.807) is 6.33 Å². The highest BCUT2D eigenvalue weighted by atomic mass is 16.5. The van der Waals surface area contributed by atoms with Crippen molar-refractivity contribution in [3.8, 4) is 11.3 Å². The molecule has 1 saturated carbocycles. The monoisotopic (exact) mass is 418 g/mol. The molecule has 2 aromatic heterocycles. The van der Waals surface area contributed by atoms with Gasteiger partial charge in [0, 0.05) is 29.2 Å². The van der Waals surface area contributed by atoms with E-state index < -0.39 is 0 Å². The normalized spacial score (nSPS) is 24.1. The van der Waals surface area contributed by atoms with Crippen LogP contribution < -0.4 is 5.56 Å². The number of hydrogen-bond acceptors (Lipinski definition) is 4. The summed E-state index contributed by atoms with van der Waals surface area (Å²) in [5.41, 5.74) is 4.35. The Morgan fingerprint density at radius 1 is 1.13 bits per heavy atom. The Morgan fingerprint density at radius 3 is 2.74 bits per heavy atom. The third kappa shape index (κ3) is 2.84. The van der Waals surface area contributed by atoms with Crippen molar-refractivity contribution in [3.63, 3.8) is 0 Å². The van der Waals surface area contributed by atoms with E-state index in [1.165, 1.54) is 24.8 Å². The summed E-state index contributed by atoms with van der Waals surface area (Å²) in [6.07, 6.45) is 10.2. The van der Waals surface area contributed by atoms with Crippen LogP contribution in [0.4, 0.5) is 0 Å². The average Bonchev–Trinajstić information content (AvgIpc) is 3.22. The molecule has 3 aromatic rings. The summed E-state index contributed by atoms with van der Waals surface area (Å²) in [7, 11) is 0. The molecule has 1 atom stereocenters. The molecular formula is C25H30N4O2. The van der Waals surface area contributed by atoms with Crippen LogP contribution in [0, 0.1) is 0 Å². The summed E-state index contributed by atoms with van der Waals surface area (Å²) in [6.45, 7) is 4.89. The first kappa shape index (κ1) is 19.2. The van der Waals surface area contributed by atoms with Crippen molar-refractivity contribution in [1.82, 2.24) is 19.2 Å². The zero-order chi connectivity index (χ0) is 21.2. The highest BCUT2D eigenvalue weighted by Crippen LogP contribution is 2.49. The van der Waals surface area contributed by atoms with Crippen LogP contribution in [-0.2, 0) is 16.6 Å². The van der Waals surface area contributed by atoms with Crippen LogP contribution in [0.5, 0.6) is 0 Å². The second-order valence-electron chi connectivity index (χ2n) is 10.3. The number of ether oxygens (including phenoxy) is 1. The molecule has 3 aliphatic rings. The minimum Gasteiger partial charge on any atom is -0.375 e. The first-order valence-corrected chi connectivity index (χ1v) is 11.7. The molecule has 0 bridgehead atoms. The Morgan fingerprint density at radius 2 is 1.94 bits per heavy atom. The number of aromatic nitrogens is 4. The van der Waals surface area contributed by atoms with Crippen LogP contribution in [0.1, 0.15) is 76.0 Å². The lowest BCUT2D eigenvalue weighted by Gasteiger charge is -2.43. The zero-order valence-corrected chi connectivity index (χ0v) is 18.4. The van der Waals surface area contributed by atoms with Gasteiger partial charge in [-0.3, -0.25) is 13.8 Å². The lowest BCUT2D eigenvalue weighted by molar-refractivity contribution is -0.0692. The van der Waals surface area contributed by atoms with Gasteiger partial charge in [-0.25, -0.2) is 0 Å². The van der Waals surface area contributed by atoms with Gasteiger partial charge in [0.1, 0.15) is 6.33 Å².